The van der Waals surface area contributed by atoms with Gasteiger partial charge in [-0.25, -0.2) is 0 Å². The second kappa shape index (κ2) is 7.25. The van der Waals surface area contributed by atoms with Crippen LogP contribution in [0.1, 0.15) is 51.9 Å². The van der Waals surface area contributed by atoms with Crippen molar-refractivity contribution in [1.82, 2.24) is 0 Å². The number of hydrogen-bond acceptors (Lipinski definition) is 1. The van der Waals surface area contributed by atoms with Crippen LogP contribution in [0.2, 0.25) is 0 Å². The number of rotatable bonds is 4. The zero-order valence-electron chi connectivity index (χ0n) is 12.4. The second-order valence-electron chi connectivity index (χ2n) is 5.02. The van der Waals surface area contributed by atoms with Crippen molar-refractivity contribution in [1.29, 1.82) is 0 Å². The highest BCUT2D eigenvalue weighted by molar-refractivity contribution is 5.78. The zero-order valence-corrected chi connectivity index (χ0v) is 12.4. The van der Waals surface area contributed by atoms with Crippen LogP contribution in [0.5, 0.6) is 0 Å². The summed E-state index contributed by atoms with van der Waals surface area (Å²) in [4.78, 5) is 0. The summed E-state index contributed by atoms with van der Waals surface area (Å²) in [7, 11) is 0. The Morgan fingerprint density at radius 2 is 1.83 bits per heavy atom. The first-order valence-corrected chi connectivity index (χ1v) is 7.14. The first-order chi connectivity index (χ1) is 8.65. The second-order valence-corrected chi connectivity index (χ2v) is 5.02. The molecule has 0 saturated carbocycles. The summed E-state index contributed by atoms with van der Waals surface area (Å²) < 4.78 is 5.64. The van der Waals surface area contributed by atoms with Crippen LogP contribution < -0.4 is 0 Å². The molecule has 0 unspecified atom stereocenters. The molecule has 0 N–H and O–H groups in total. The van der Waals surface area contributed by atoms with Gasteiger partial charge in [0.05, 0.1) is 0 Å². The van der Waals surface area contributed by atoms with E-state index in [0.29, 0.717) is 0 Å². The van der Waals surface area contributed by atoms with E-state index in [1.165, 1.54) is 23.8 Å². The van der Waals surface area contributed by atoms with Gasteiger partial charge in [-0.2, -0.15) is 0 Å². The molecule has 0 fully saturated rings. The van der Waals surface area contributed by atoms with Gasteiger partial charge in [0.15, 0.2) is 0 Å². The molecule has 1 heterocycles. The van der Waals surface area contributed by atoms with Gasteiger partial charge in [0.2, 0.25) is 0 Å². The first kappa shape index (κ1) is 14.8. The molecule has 2 aromatic rings. The van der Waals surface area contributed by atoms with Gasteiger partial charge in [0.25, 0.3) is 0 Å². The van der Waals surface area contributed by atoms with Crippen LogP contribution in [0.4, 0.5) is 0 Å². The fraction of sp³-hybridized carbons (Fsp3) is 0.529. The van der Waals surface area contributed by atoms with Gasteiger partial charge < -0.3 is 4.42 Å². The molecule has 18 heavy (non-hydrogen) atoms. The third kappa shape index (κ3) is 4.21. The molecule has 0 radical (unpaired) electrons. The summed E-state index contributed by atoms with van der Waals surface area (Å²) in [5.41, 5.74) is 2.42. The van der Waals surface area contributed by atoms with Gasteiger partial charge in [0.1, 0.15) is 11.3 Å². The summed E-state index contributed by atoms with van der Waals surface area (Å²) in [5, 5.41) is 1.21. The van der Waals surface area contributed by atoms with Gasteiger partial charge in [-0.15, -0.1) is 0 Å². The Labute approximate surface area is 111 Å². The summed E-state index contributed by atoms with van der Waals surface area (Å²) in [6.07, 6.45) is 3.73. The SMILES string of the molecule is CC.Cc1cc2ccc(CCCC(C)C)cc2o1. The maximum Gasteiger partial charge on any atom is 0.134 e. The molecule has 0 aliphatic heterocycles. The Bertz CT molecular complexity index is 465. The van der Waals surface area contributed by atoms with Crippen molar-refractivity contribution in [3.05, 3.63) is 35.6 Å². The van der Waals surface area contributed by atoms with Crippen LogP contribution in [-0.2, 0) is 6.42 Å². The highest BCUT2D eigenvalue weighted by atomic mass is 16.3. The minimum Gasteiger partial charge on any atom is -0.461 e. The minimum atomic E-state index is 0.801. The molecule has 0 aliphatic carbocycles. The summed E-state index contributed by atoms with van der Waals surface area (Å²) in [6.45, 7) is 10.6. The van der Waals surface area contributed by atoms with Crippen LogP contribution in [0.25, 0.3) is 11.0 Å². The lowest BCUT2D eigenvalue weighted by Gasteiger charge is -2.04. The lowest BCUT2D eigenvalue weighted by Crippen LogP contribution is -1.90. The topological polar surface area (TPSA) is 13.1 Å². The van der Waals surface area contributed by atoms with Crippen LogP contribution in [0.15, 0.2) is 28.7 Å². The Hall–Kier alpha value is -1.24. The highest BCUT2D eigenvalue weighted by Gasteiger charge is 2.02. The molecule has 1 nitrogen and oxygen atoms in total. The van der Waals surface area contributed by atoms with Crippen LogP contribution in [-0.4, -0.2) is 0 Å². The Kier molecular flexibility index (Phi) is 5.97. The van der Waals surface area contributed by atoms with Crippen LogP contribution in [0, 0.1) is 12.8 Å². The maximum atomic E-state index is 5.64. The van der Waals surface area contributed by atoms with Crippen molar-refractivity contribution in [3.63, 3.8) is 0 Å². The average Bonchev–Trinajstić information content (AvgIpc) is 2.70. The van der Waals surface area contributed by atoms with E-state index >= 15 is 0 Å². The van der Waals surface area contributed by atoms with E-state index in [9.17, 15) is 0 Å². The van der Waals surface area contributed by atoms with Gasteiger partial charge >= 0.3 is 0 Å². The Balaban J connectivity index is 0.000000771. The fourth-order valence-corrected chi connectivity index (χ4v) is 2.08. The van der Waals surface area contributed by atoms with Crippen LogP contribution in [0.3, 0.4) is 0 Å². The first-order valence-electron chi connectivity index (χ1n) is 7.14. The largest absolute Gasteiger partial charge is 0.461 e. The number of fused-ring (bicyclic) bond motifs is 1. The van der Waals surface area contributed by atoms with Crippen molar-refractivity contribution < 1.29 is 4.42 Å². The molecule has 0 spiro atoms. The lowest BCUT2D eigenvalue weighted by molar-refractivity contribution is 0.555. The van der Waals surface area contributed by atoms with E-state index in [-0.39, 0.29) is 0 Å². The number of benzene rings is 1. The summed E-state index contributed by atoms with van der Waals surface area (Å²) >= 11 is 0. The number of aryl methyl sites for hydroxylation is 2. The average molecular weight is 246 g/mol. The van der Waals surface area contributed by atoms with Gasteiger partial charge in [-0.3, -0.25) is 0 Å². The third-order valence-corrected chi connectivity index (χ3v) is 2.95. The molecule has 0 bridgehead atoms. The Morgan fingerprint density at radius 1 is 1.11 bits per heavy atom. The molecular formula is C17H26O. The number of hydrogen-bond donors (Lipinski definition) is 0. The molecule has 100 valence electrons. The molecule has 0 saturated heterocycles. The van der Waals surface area contributed by atoms with Crippen molar-refractivity contribution in [2.24, 2.45) is 5.92 Å². The molecule has 1 aromatic heterocycles. The quantitative estimate of drug-likeness (QED) is 0.669. The summed E-state index contributed by atoms with van der Waals surface area (Å²) in [5.74, 6) is 1.80. The molecular weight excluding hydrogens is 220 g/mol. The zero-order chi connectivity index (χ0) is 13.5. The maximum absolute atomic E-state index is 5.64. The predicted octanol–water partition coefficient (Wildman–Crippen LogP) is 5.75. The van der Waals surface area contributed by atoms with E-state index < -0.39 is 0 Å². The fourth-order valence-electron chi connectivity index (χ4n) is 2.08. The van der Waals surface area contributed by atoms with Gasteiger partial charge in [-0.05, 0) is 43.4 Å². The molecule has 1 aromatic carbocycles. The van der Waals surface area contributed by atoms with Gasteiger partial charge in [-0.1, -0.05) is 46.2 Å². The molecule has 2 rings (SSSR count). The van der Waals surface area contributed by atoms with Gasteiger partial charge in [0, 0.05) is 5.39 Å². The normalized spacial score (nSPS) is 10.6. The van der Waals surface area contributed by atoms with E-state index in [4.69, 9.17) is 4.42 Å². The monoisotopic (exact) mass is 246 g/mol. The van der Waals surface area contributed by atoms with Crippen molar-refractivity contribution >= 4 is 11.0 Å². The Morgan fingerprint density at radius 3 is 2.50 bits per heavy atom. The van der Waals surface area contributed by atoms with E-state index in [1.54, 1.807) is 0 Å². The van der Waals surface area contributed by atoms with Crippen molar-refractivity contribution in [3.8, 4) is 0 Å². The summed E-state index contributed by atoms with van der Waals surface area (Å²) in [6, 6.07) is 8.66. The molecule has 0 amide bonds. The number of furan rings is 1. The van der Waals surface area contributed by atoms with Crippen molar-refractivity contribution in [2.75, 3.05) is 0 Å². The predicted molar refractivity (Wildman–Crippen MR) is 80.1 cm³/mol. The molecule has 1 heteroatoms. The highest BCUT2D eigenvalue weighted by Crippen LogP contribution is 2.21. The van der Waals surface area contributed by atoms with E-state index in [0.717, 1.165) is 23.7 Å². The smallest absolute Gasteiger partial charge is 0.134 e. The standard InChI is InChI=1S/C15H20O.C2H6/c1-11(2)5-4-6-13-7-8-14-9-12(3)16-15(14)10-13;1-2/h7-11H,4-6H2,1-3H3;1-2H3. The van der Waals surface area contributed by atoms with E-state index in [2.05, 4.69) is 38.1 Å². The third-order valence-electron chi connectivity index (χ3n) is 2.95. The minimum absolute atomic E-state index is 0.801. The van der Waals surface area contributed by atoms with E-state index in [1.807, 2.05) is 20.8 Å². The molecule has 0 aliphatic rings. The van der Waals surface area contributed by atoms with Crippen LogP contribution >= 0.6 is 0 Å². The lowest BCUT2D eigenvalue weighted by atomic mass is 10.0. The molecule has 0 atom stereocenters. The van der Waals surface area contributed by atoms with Crippen molar-refractivity contribution in [2.45, 2.75) is 53.9 Å².